The standard InChI is InChI=1S/C14H18O2/c1-11(2)13(15)16-14(3,4)10-12-8-6-5-7-9-12/h5-9H,1,10H2,2-4H3. The Hall–Kier alpha value is -1.57. The maximum atomic E-state index is 11.4. The first-order chi connectivity index (χ1) is 7.41. The highest BCUT2D eigenvalue weighted by atomic mass is 16.6. The first kappa shape index (κ1) is 12.5. The van der Waals surface area contributed by atoms with Crippen LogP contribution in [0.4, 0.5) is 0 Å². The topological polar surface area (TPSA) is 26.3 Å². The lowest BCUT2D eigenvalue weighted by Crippen LogP contribution is -2.30. The van der Waals surface area contributed by atoms with Gasteiger partial charge in [-0.25, -0.2) is 4.79 Å². The number of hydrogen-bond acceptors (Lipinski definition) is 2. The van der Waals surface area contributed by atoms with E-state index in [1.807, 2.05) is 44.2 Å². The molecule has 0 saturated carbocycles. The summed E-state index contributed by atoms with van der Waals surface area (Å²) in [5.41, 5.74) is 1.08. The van der Waals surface area contributed by atoms with E-state index < -0.39 is 5.60 Å². The molecule has 0 spiro atoms. The second kappa shape index (κ2) is 4.97. The van der Waals surface area contributed by atoms with Gasteiger partial charge in [-0.15, -0.1) is 0 Å². The van der Waals surface area contributed by atoms with Crippen molar-refractivity contribution in [2.75, 3.05) is 0 Å². The fourth-order valence-electron chi connectivity index (χ4n) is 1.46. The SMILES string of the molecule is C=C(C)C(=O)OC(C)(C)Cc1ccccc1. The van der Waals surface area contributed by atoms with Crippen LogP contribution in [0.15, 0.2) is 42.5 Å². The molecule has 0 unspecified atom stereocenters. The lowest BCUT2D eigenvalue weighted by atomic mass is 9.98. The normalized spacial score (nSPS) is 10.9. The second-order valence-corrected chi connectivity index (χ2v) is 4.59. The molecule has 1 aromatic rings. The molecule has 1 rings (SSSR count). The Morgan fingerprint density at radius 1 is 1.31 bits per heavy atom. The first-order valence-corrected chi connectivity index (χ1v) is 5.33. The van der Waals surface area contributed by atoms with Crippen molar-refractivity contribution in [3.63, 3.8) is 0 Å². The van der Waals surface area contributed by atoms with Gasteiger partial charge in [0.1, 0.15) is 5.60 Å². The lowest BCUT2D eigenvalue weighted by molar-refractivity contribution is -0.151. The average molecular weight is 218 g/mol. The molecule has 0 atom stereocenters. The summed E-state index contributed by atoms with van der Waals surface area (Å²) in [7, 11) is 0. The average Bonchev–Trinajstić information content (AvgIpc) is 2.17. The minimum Gasteiger partial charge on any atom is -0.456 e. The summed E-state index contributed by atoms with van der Waals surface area (Å²) in [5, 5.41) is 0. The van der Waals surface area contributed by atoms with Crippen LogP contribution in [-0.2, 0) is 16.0 Å². The molecule has 86 valence electrons. The van der Waals surface area contributed by atoms with Gasteiger partial charge in [-0.1, -0.05) is 36.9 Å². The Labute approximate surface area is 96.9 Å². The van der Waals surface area contributed by atoms with Gasteiger partial charge < -0.3 is 4.74 Å². The van der Waals surface area contributed by atoms with E-state index in [4.69, 9.17) is 4.74 Å². The van der Waals surface area contributed by atoms with E-state index in [2.05, 4.69) is 6.58 Å². The molecule has 0 N–H and O–H groups in total. The maximum Gasteiger partial charge on any atom is 0.333 e. The van der Waals surface area contributed by atoms with Gasteiger partial charge in [-0.2, -0.15) is 0 Å². The summed E-state index contributed by atoms with van der Waals surface area (Å²) in [6.45, 7) is 9.03. The van der Waals surface area contributed by atoms with Crippen molar-refractivity contribution in [3.8, 4) is 0 Å². The van der Waals surface area contributed by atoms with Crippen LogP contribution in [0.2, 0.25) is 0 Å². The number of rotatable bonds is 4. The minimum atomic E-state index is -0.503. The van der Waals surface area contributed by atoms with Crippen molar-refractivity contribution in [3.05, 3.63) is 48.0 Å². The molecule has 2 heteroatoms. The Morgan fingerprint density at radius 2 is 1.88 bits per heavy atom. The van der Waals surface area contributed by atoms with E-state index in [-0.39, 0.29) is 5.97 Å². The molecule has 1 aromatic carbocycles. The quantitative estimate of drug-likeness (QED) is 0.573. The zero-order chi connectivity index (χ0) is 12.2. The van der Waals surface area contributed by atoms with Crippen LogP contribution in [-0.4, -0.2) is 11.6 Å². The predicted octanol–water partition coefficient (Wildman–Crippen LogP) is 3.13. The Kier molecular flexibility index (Phi) is 3.88. The van der Waals surface area contributed by atoms with Gasteiger partial charge in [-0.3, -0.25) is 0 Å². The van der Waals surface area contributed by atoms with Gasteiger partial charge in [0.05, 0.1) is 0 Å². The summed E-state index contributed by atoms with van der Waals surface area (Å²) < 4.78 is 5.36. The van der Waals surface area contributed by atoms with Crippen LogP contribution in [0.5, 0.6) is 0 Å². The minimum absolute atomic E-state index is 0.332. The number of carbonyl (C=O) groups excluding carboxylic acids is 1. The van der Waals surface area contributed by atoms with Crippen LogP contribution in [0.25, 0.3) is 0 Å². The van der Waals surface area contributed by atoms with Crippen LogP contribution < -0.4 is 0 Å². The van der Waals surface area contributed by atoms with E-state index in [1.165, 1.54) is 0 Å². The van der Waals surface area contributed by atoms with Gasteiger partial charge in [0.15, 0.2) is 0 Å². The molecule has 0 aliphatic heterocycles. The van der Waals surface area contributed by atoms with Crippen LogP contribution in [0, 0.1) is 0 Å². The van der Waals surface area contributed by atoms with Gasteiger partial charge in [-0.05, 0) is 26.3 Å². The maximum absolute atomic E-state index is 11.4. The van der Waals surface area contributed by atoms with Crippen LogP contribution in [0.3, 0.4) is 0 Å². The van der Waals surface area contributed by atoms with Gasteiger partial charge in [0.2, 0.25) is 0 Å². The highest BCUT2D eigenvalue weighted by Crippen LogP contribution is 2.18. The van der Waals surface area contributed by atoms with E-state index in [9.17, 15) is 4.79 Å². The molecule has 0 amide bonds. The van der Waals surface area contributed by atoms with Crippen molar-refractivity contribution in [1.29, 1.82) is 0 Å². The third kappa shape index (κ3) is 3.89. The van der Waals surface area contributed by atoms with Crippen molar-refractivity contribution in [2.45, 2.75) is 32.8 Å². The van der Waals surface area contributed by atoms with Crippen molar-refractivity contribution in [2.24, 2.45) is 0 Å². The number of carbonyl (C=O) groups is 1. The van der Waals surface area contributed by atoms with Gasteiger partial charge >= 0.3 is 5.97 Å². The highest BCUT2D eigenvalue weighted by Gasteiger charge is 2.23. The number of hydrogen-bond donors (Lipinski definition) is 0. The predicted molar refractivity (Wildman–Crippen MR) is 65.1 cm³/mol. The van der Waals surface area contributed by atoms with Crippen molar-refractivity contribution < 1.29 is 9.53 Å². The molecule has 0 aliphatic carbocycles. The second-order valence-electron chi connectivity index (χ2n) is 4.59. The molecule has 0 aliphatic rings. The largest absolute Gasteiger partial charge is 0.456 e. The molecule has 0 heterocycles. The molecule has 16 heavy (non-hydrogen) atoms. The molecule has 2 nitrogen and oxygen atoms in total. The van der Waals surface area contributed by atoms with Gasteiger partial charge in [0, 0.05) is 12.0 Å². The Bertz CT molecular complexity index is 377. The Morgan fingerprint density at radius 3 is 2.38 bits per heavy atom. The van der Waals surface area contributed by atoms with Crippen LogP contribution >= 0.6 is 0 Å². The zero-order valence-corrected chi connectivity index (χ0v) is 10.1. The lowest BCUT2D eigenvalue weighted by Gasteiger charge is -2.25. The summed E-state index contributed by atoms with van der Waals surface area (Å²) in [6, 6.07) is 9.97. The summed E-state index contributed by atoms with van der Waals surface area (Å²) >= 11 is 0. The molecule has 0 bridgehead atoms. The van der Waals surface area contributed by atoms with E-state index >= 15 is 0 Å². The third-order valence-electron chi connectivity index (χ3n) is 2.19. The third-order valence-corrected chi connectivity index (χ3v) is 2.19. The molecular weight excluding hydrogens is 200 g/mol. The molecular formula is C14H18O2. The fourth-order valence-corrected chi connectivity index (χ4v) is 1.46. The van der Waals surface area contributed by atoms with E-state index in [0.717, 1.165) is 5.56 Å². The molecule has 0 aromatic heterocycles. The van der Waals surface area contributed by atoms with E-state index in [1.54, 1.807) is 6.92 Å². The van der Waals surface area contributed by atoms with Gasteiger partial charge in [0.25, 0.3) is 0 Å². The summed E-state index contributed by atoms with van der Waals surface area (Å²) in [5.74, 6) is -0.332. The summed E-state index contributed by atoms with van der Waals surface area (Å²) in [4.78, 5) is 11.4. The number of benzene rings is 1. The smallest absolute Gasteiger partial charge is 0.333 e. The summed E-state index contributed by atoms with van der Waals surface area (Å²) in [6.07, 6.45) is 0.701. The number of esters is 1. The molecule has 0 radical (unpaired) electrons. The van der Waals surface area contributed by atoms with Crippen molar-refractivity contribution in [1.82, 2.24) is 0 Å². The molecule has 0 saturated heterocycles. The van der Waals surface area contributed by atoms with E-state index in [0.29, 0.717) is 12.0 Å². The fraction of sp³-hybridized carbons (Fsp3) is 0.357. The number of ether oxygens (including phenoxy) is 1. The van der Waals surface area contributed by atoms with Crippen LogP contribution in [0.1, 0.15) is 26.3 Å². The first-order valence-electron chi connectivity index (χ1n) is 5.33. The highest BCUT2D eigenvalue weighted by molar-refractivity contribution is 5.87. The monoisotopic (exact) mass is 218 g/mol. The molecule has 0 fully saturated rings. The Balaban J connectivity index is 2.65. The van der Waals surface area contributed by atoms with Crippen molar-refractivity contribution >= 4 is 5.97 Å². The zero-order valence-electron chi connectivity index (χ0n) is 10.1.